The van der Waals surface area contributed by atoms with Crippen molar-refractivity contribution >= 4 is 60.2 Å². The maximum atomic E-state index is 2.41. The molecule has 47 heavy (non-hydrogen) atoms. The van der Waals surface area contributed by atoms with Crippen molar-refractivity contribution in [2.45, 2.75) is 0 Å². The van der Waals surface area contributed by atoms with Crippen molar-refractivity contribution in [3.63, 3.8) is 0 Å². The Labute approximate surface area is 274 Å². The first kappa shape index (κ1) is 27.2. The Kier molecular flexibility index (Phi) is 6.54. The summed E-state index contributed by atoms with van der Waals surface area (Å²) in [4.78, 5) is 2.41. The van der Waals surface area contributed by atoms with E-state index in [1.807, 2.05) is 0 Å². The number of para-hydroxylation sites is 1. The van der Waals surface area contributed by atoms with Gasteiger partial charge in [0.15, 0.2) is 0 Å². The van der Waals surface area contributed by atoms with Crippen molar-refractivity contribution in [2.75, 3.05) is 4.90 Å². The molecule has 0 aliphatic heterocycles. The topological polar surface area (TPSA) is 3.24 Å². The largest absolute Gasteiger partial charge is 0.310 e. The lowest BCUT2D eigenvalue weighted by Crippen LogP contribution is -2.11. The van der Waals surface area contributed by atoms with Crippen LogP contribution in [-0.4, -0.2) is 0 Å². The summed E-state index contributed by atoms with van der Waals surface area (Å²) in [5, 5.41) is 10.1. The summed E-state index contributed by atoms with van der Waals surface area (Å²) in [7, 11) is 0. The summed E-state index contributed by atoms with van der Waals surface area (Å²) in [5.74, 6) is 0. The highest BCUT2D eigenvalue weighted by Crippen LogP contribution is 2.44. The van der Waals surface area contributed by atoms with Crippen molar-refractivity contribution in [3.8, 4) is 22.3 Å². The van der Waals surface area contributed by atoms with E-state index in [0.29, 0.717) is 0 Å². The minimum atomic E-state index is 1.12. The van der Waals surface area contributed by atoms with Crippen molar-refractivity contribution in [2.24, 2.45) is 0 Å². The summed E-state index contributed by atoms with van der Waals surface area (Å²) in [6.07, 6.45) is 0. The fourth-order valence-electron chi connectivity index (χ4n) is 7.17. The number of hydrogen-bond donors (Lipinski definition) is 0. The highest BCUT2D eigenvalue weighted by molar-refractivity contribution is 6.19. The maximum Gasteiger partial charge on any atom is 0.0546 e. The third-order valence-electron chi connectivity index (χ3n) is 9.42. The zero-order chi connectivity index (χ0) is 31.2. The second kappa shape index (κ2) is 11.3. The van der Waals surface area contributed by atoms with Gasteiger partial charge in [-0.25, -0.2) is 0 Å². The number of anilines is 3. The zero-order valence-electron chi connectivity index (χ0n) is 25.8. The SMILES string of the molecule is c1ccc(-c2ccc(-c3cccc4c3ccc3c5ccccc5ccc43)cc2N(c2ccccc2)c2ccc3ccccc3c2)cc1. The van der Waals surface area contributed by atoms with Crippen LogP contribution in [0.15, 0.2) is 188 Å². The number of rotatable bonds is 5. The van der Waals surface area contributed by atoms with Crippen LogP contribution in [0.1, 0.15) is 0 Å². The first-order valence-corrected chi connectivity index (χ1v) is 16.2. The molecular weight excluding hydrogens is 567 g/mol. The molecule has 0 radical (unpaired) electrons. The van der Waals surface area contributed by atoms with Gasteiger partial charge in [-0.2, -0.15) is 0 Å². The molecule has 220 valence electrons. The van der Waals surface area contributed by atoms with Gasteiger partial charge in [-0.05, 0) is 90.1 Å². The van der Waals surface area contributed by atoms with Gasteiger partial charge in [0.25, 0.3) is 0 Å². The van der Waals surface area contributed by atoms with E-state index in [0.717, 1.165) is 17.1 Å². The van der Waals surface area contributed by atoms with Crippen LogP contribution in [0.2, 0.25) is 0 Å². The Morgan fingerprint density at radius 3 is 1.74 bits per heavy atom. The maximum absolute atomic E-state index is 2.41. The molecule has 0 amide bonds. The Hall–Kier alpha value is -6.18. The van der Waals surface area contributed by atoms with E-state index < -0.39 is 0 Å². The molecule has 0 N–H and O–H groups in total. The van der Waals surface area contributed by atoms with Gasteiger partial charge in [-0.1, -0.05) is 158 Å². The van der Waals surface area contributed by atoms with Gasteiger partial charge in [0.05, 0.1) is 5.69 Å². The highest BCUT2D eigenvalue weighted by Gasteiger charge is 2.19. The van der Waals surface area contributed by atoms with Crippen LogP contribution in [0.25, 0.3) is 65.3 Å². The van der Waals surface area contributed by atoms with Crippen LogP contribution in [-0.2, 0) is 0 Å². The number of nitrogens with zero attached hydrogens (tertiary/aromatic N) is 1. The number of benzene rings is 9. The molecule has 1 nitrogen and oxygen atoms in total. The van der Waals surface area contributed by atoms with Gasteiger partial charge in [-0.15, -0.1) is 0 Å². The van der Waals surface area contributed by atoms with E-state index in [1.165, 1.54) is 65.3 Å². The van der Waals surface area contributed by atoms with Crippen molar-refractivity contribution in [1.82, 2.24) is 0 Å². The Morgan fingerprint density at radius 2 is 0.894 bits per heavy atom. The molecule has 0 fully saturated rings. The highest BCUT2D eigenvalue weighted by atomic mass is 15.1. The van der Waals surface area contributed by atoms with Gasteiger partial charge in [0, 0.05) is 16.9 Å². The van der Waals surface area contributed by atoms with E-state index in [9.17, 15) is 0 Å². The van der Waals surface area contributed by atoms with Crippen LogP contribution >= 0.6 is 0 Å². The van der Waals surface area contributed by atoms with Crippen LogP contribution in [0.3, 0.4) is 0 Å². The van der Waals surface area contributed by atoms with Crippen molar-refractivity contribution < 1.29 is 0 Å². The molecule has 0 bridgehead atoms. The summed E-state index contributed by atoms with van der Waals surface area (Å²) in [6.45, 7) is 0. The fraction of sp³-hybridized carbons (Fsp3) is 0. The smallest absolute Gasteiger partial charge is 0.0546 e. The summed E-state index contributed by atoms with van der Waals surface area (Å²) in [5.41, 5.74) is 8.17. The normalized spacial score (nSPS) is 11.4. The van der Waals surface area contributed by atoms with E-state index in [-0.39, 0.29) is 0 Å². The minimum Gasteiger partial charge on any atom is -0.310 e. The van der Waals surface area contributed by atoms with Crippen LogP contribution in [0.5, 0.6) is 0 Å². The Bertz CT molecular complexity index is 2570. The van der Waals surface area contributed by atoms with Gasteiger partial charge >= 0.3 is 0 Å². The average molecular weight is 598 g/mol. The predicted molar refractivity (Wildman–Crippen MR) is 202 cm³/mol. The first-order valence-electron chi connectivity index (χ1n) is 16.2. The fourth-order valence-corrected chi connectivity index (χ4v) is 7.17. The quantitative estimate of drug-likeness (QED) is 0.178. The molecule has 0 aliphatic rings. The average Bonchev–Trinajstić information content (AvgIpc) is 3.15. The van der Waals surface area contributed by atoms with E-state index in [1.54, 1.807) is 0 Å². The molecule has 0 aromatic heterocycles. The molecule has 9 rings (SSSR count). The van der Waals surface area contributed by atoms with E-state index in [2.05, 4.69) is 193 Å². The van der Waals surface area contributed by atoms with Gasteiger partial charge in [0.1, 0.15) is 0 Å². The molecule has 0 spiro atoms. The van der Waals surface area contributed by atoms with Gasteiger partial charge < -0.3 is 4.90 Å². The lowest BCUT2D eigenvalue weighted by molar-refractivity contribution is 1.29. The molecule has 9 aromatic carbocycles. The zero-order valence-corrected chi connectivity index (χ0v) is 25.8. The van der Waals surface area contributed by atoms with E-state index in [4.69, 9.17) is 0 Å². The van der Waals surface area contributed by atoms with Gasteiger partial charge in [-0.3, -0.25) is 0 Å². The monoisotopic (exact) mass is 597 g/mol. The van der Waals surface area contributed by atoms with Crippen molar-refractivity contribution in [3.05, 3.63) is 188 Å². The molecule has 0 heterocycles. The lowest BCUT2D eigenvalue weighted by Gasteiger charge is -2.29. The Balaban J connectivity index is 1.30. The summed E-state index contributed by atoms with van der Waals surface area (Å²) >= 11 is 0. The molecule has 0 unspecified atom stereocenters. The summed E-state index contributed by atoms with van der Waals surface area (Å²) < 4.78 is 0. The van der Waals surface area contributed by atoms with Crippen LogP contribution < -0.4 is 4.90 Å². The lowest BCUT2D eigenvalue weighted by atomic mass is 9.91. The number of hydrogen-bond acceptors (Lipinski definition) is 1. The minimum absolute atomic E-state index is 1.12. The molecule has 1 heteroatoms. The molecule has 0 saturated heterocycles. The molecule has 9 aromatic rings. The second-order valence-electron chi connectivity index (χ2n) is 12.1. The third-order valence-corrected chi connectivity index (χ3v) is 9.42. The van der Waals surface area contributed by atoms with Crippen LogP contribution in [0.4, 0.5) is 17.1 Å². The van der Waals surface area contributed by atoms with Crippen LogP contribution in [0, 0.1) is 0 Å². The summed E-state index contributed by atoms with van der Waals surface area (Å²) in [6, 6.07) is 68.3. The Morgan fingerprint density at radius 1 is 0.277 bits per heavy atom. The van der Waals surface area contributed by atoms with E-state index >= 15 is 0 Å². The third kappa shape index (κ3) is 4.72. The second-order valence-corrected chi connectivity index (χ2v) is 12.1. The first-order chi connectivity index (χ1) is 23.3. The molecule has 0 aliphatic carbocycles. The molecule has 0 saturated carbocycles. The van der Waals surface area contributed by atoms with Crippen molar-refractivity contribution in [1.29, 1.82) is 0 Å². The number of fused-ring (bicyclic) bond motifs is 6. The molecular formula is C46H31N. The molecule has 0 atom stereocenters. The standard InChI is InChI=1S/C46H31N/c1-3-13-33(14-4-1)41-26-24-36(40-20-11-21-42-44(40)29-28-43-39-19-10-9-15-34(39)23-27-45(42)43)31-46(41)47(37-17-5-2-6-18-37)38-25-22-32-12-7-8-16-35(32)30-38/h1-31H. The van der Waals surface area contributed by atoms with Gasteiger partial charge in [0.2, 0.25) is 0 Å². The predicted octanol–water partition coefficient (Wildman–Crippen LogP) is 13.1.